The number of aromatic nitrogens is 1. The number of anilines is 1. The molecule has 0 saturated carbocycles. The first-order valence-corrected chi connectivity index (χ1v) is 11.6. The highest BCUT2D eigenvalue weighted by Crippen LogP contribution is 2.57. The highest BCUT2D eigenvalue weighted by atomic mass is 32.1. The van der Waals surface area contributed by atoms with Crippen LogP contribution in [-0.4, -0.2) is 28.2 Å². The maximum absolute atomic E-state index is 13.5. The minimum atomic E-state index is -0.700. The lowest BCUT2D eigenvalue weighted by Gasteiger charge is -2.54. The van der Waals surface area contributed by atoms with Crippen LogP contribution in [0.15, 0.2) is 60.0 Å². The Balaban J connectivity index is 1.40. The minimum Gasteiger partial charge on any atom is -0.334 e. The van der Waals surface area contributed by atoms with E-state index < -0.39 is 5.41 Å². The first kappa shape index (κ1) is 19.9. The number of carbonyl (C=O) groups is 2. The fourth-order valence-electron chi connectivity index (χ4n) is 5.17. The topological polar surface area (TPSA) is 62.3 Å². The van der Waals surface area contributed by atoms with Crippen molar-refractivity contribution in [1.82, 2.24) is 9.88 Å². The summed E-state index contributed by atoms with van der Waals surface area (Å²) in [5, 5.41) is 5.67. The molecule has 0 radical (unpaired) electrons. The van der Waals surface area contributed by atoms with E-state index in [0.717, 1.165) is 23.2 Å². The Labute approximate surface area is 186 Å². The molecule has 3 aliphatic rings. The smallest absolute Gasteiger partial charge is 0.234 e. The largest absolute Gasteiger partial charge is 0.334 e. The number of fused-ring (bicyclic) bond motifs is 2. The average molecular weight is 432 g/mol. The Morgan fingerprint density at radius 3 is 2.61 bits per heavy atom. The number of thiazole rings is 1. The molecule has 1 saturated heterocycles. The average Bonchev–Trinajstić information content (AvgIpc) is 3.22. The van der Waals surface area contributed by atoms with Gasteiger partial charge in [0.25, 0.3) is 0 Å². The zero-order valence-corrected chi connectivity index (χ0v) is 18.5. The second-order valence-corrected chi connectivity index (χ2v) is 9.45. The van der Waals surface area contributed by atoms with Crippen LogP contribution in [0.2, 0.25) is 0 Å². The number of piperidine rings is 1. The third kappa shape index (κ3) is 3.26. The third-order valence-electron chi connectivity index (χ3n) is 6.65. The number of hydrogen-bond donors (Lipinski definition) is 1. The number of likely N-dealkylation sites (N-methyl/N-ethyl adjacent to an activating group) is 1. The van der Waals surface area contributed by atoms with Gasteiger partial charge in [-0.3, -0.25) is 9.59 Å². The molecule has 1 aliphatic carbocycles. The molecule has 1 aromatic heterocycles. The molecule has 158 valence electrons. The van der Waals surface area contributed by atoms with Crippen LogP contribution in [0.5, 0.6) is 0 Å². The van der Waals surface area contributed by atoms with Crippen LogP contribution in [0.25, 0.3) is 0 Å². The van der Waals surface area contributed by atoms with Gasteiger partial charge in [-0.25, -0.2) is 4.98 Å². The number of amides is 2. The summed E-state index contributed by atoms with van der Waals surface area (Å²) in [4.78, 5) is 33.1. The molecule has 0 spiro atoms. The molecule has 2 aromatic carbocycles. The number of nitrogens with zero attached hydrogens (tertiary/aromatic N) is 2. The van der Waals surface area contributed by atoms with Gasteiger partial charge < -0.3 is 10.2 Å². The number of rotatable bonds is 5. The van der Waals surface area contributed by atoms with Crippen LogP contribution in [-0.2, 0) is 16.0 Å². The van der Waals surface area contributed by atoms with Crippen LogP contribution >= 0.6 is 11.3 Å². The highest BCUT2D eigenvalue weighted by molar-refractivity contribution is 7.13. The van der Waals surface area contributed by atoms with Gasteiger partial charge in [-0.05, 0) is 37.0 Å². The lowest BCUT2D eigenvalue weighted by atomic mass is 9.60. The lowest BCUT2D eigenvalue weighted by molar-refractivity contribution is -0.153. The fourth-order valence-corrected chi connectivity index (χ4v) is 5.88. The van der Waals surface area contributed by atoms with E-state index in [1.165, 1.54) is 16.9 Å². The van der Waals surface area contributed by atoms with Crippen molar-refractivity contribution in [2.75, 3.05) is 11.9 Å². The maximum atomic E-state index is 13.5. The summed E-state index contributed by atoms with van der Waals surface area (Å²) in [5.74, 6) is -0.193. The van der Waals surface area contributed by atoms with Crippen LogP contribution in [0.3, 0.4) is 0 Å². The quantitative estimate of drug-likeness (QED) is 0.633. The summed E-state index contributed by atoms with van der Waals surface area (Å²) in [6, 6.07) is 18.0. The van der Waals surface area contributed by atoms with Gasteiger partial charge >= 0.3 is 0 Å². The van der Waals surface area contributed by atoms with Gasteiger partial charge in [0.1, 0.15) is 0 Å². The van der Waals surface area contributed by atoms with E-state index in [1.54, 1.807) is 0 Å². The molecule has 3 aromatic rings. The molecule has 6 rings (SSSR count). The van der Waals surface area contributed by atoms with Crippen molar-refractivity contribution in [1.29, 1.82) is 0 Å². The number of hydrogen-bond acceptors (Lipinski definition) is 4. The van der Waals surface area contributed by atoms with Crippen molar-refractivity contribution in [2.45, 2.75) is 38.6 Å². The van der Waals surface area contributed by atoms with E-state index in [1.807, 2.05) is 60.5 Å². The van der Waals surface area contributed by atoms with E-state index in [0.29, 0.717) is 18.1 Å². The molecule has 2 bridgehead atoms. The van der Waals surface area contributed by atoms with Crippen LogP contribution < -0.4 is 5.32 Å². The van der Waals surface area contributed by atoms with Gasteiger partial charge in [-0.2, -0.15) is 0 Å². The Hall–Kier alpha value is -2.99. The van der Waals surface area contributed by atoms with Crippen molar-refractivity contribution in [2.24, 2.45) is 5.41 Å². The predicted octanol–water partition coefficient (Wildman–Crippen LogP) is 4.77. The summed E-state index contributed by atoms with van der Waals surface area (Å²) in [6.45, 7) is 4.56. The van der Waals surface area contributed by atoms with E-state index in [9.17, 15) is 9.59 Å². The van der Waals surface area contributed by atoms with E-state index in [2.05, 4.69) is 28.5 Å². The first-order valence-electron chi connectivity index (χ1n) is 10.7. The Bertz CT molecular complexity index is 1140. The molecule has 2 amide bonds. The van der Waals surface area contributed by atoms with Crippen molar-refractivity contribution in [3.05, 3.63) is 82.4 Å². The Morgan fingerprint density at radius 1 is 1.16 bits per heavy atom. The summed E-state index contributed by atoms with van der Waals surface area (Å²) >= 11 is 1.45. The second-order valence-electron chi connectivity index (χ2n) is 8.59. The lowest BCUT2D eigenvalue weighted by Crippen LogP contribution is -2.58. The molecule has 6 heteroatoms. The molecule has 31 heavy (non-hydrogen) atoms. The van der Waals surface area contributed by atoms with Crippen LogP contribution in [0.1, 0.15) is 54.6 Å². The third-order valence-corrected chi connectivity index (χ3v) is 7.46. The molecular weight excluding hydrogens is 406 g/mol. The second kappa shape index (κ2) is 7.61. The normalized spacial score (nSPS) is 24.2. The zero-order valence-electron chi connectivity index (χ0n) is 17.7. The molecule has 1 N–H and O–H groups in total. The van der Waals surface area contributed by atoms with Gasteiger partial charge in [0, 0.05) is 18.3 Å². The summed E-state index contributed by atoms with van der Waals surface area (Å²) in [5.41, 5.74) is 3.61. The van der Waals surface area contributed by atoms with Gasteiger partial charge in [0.2, 0.25) is 11.8 Å². The van der Waals surface area contributed by atoms with Crippen molar-refractivity contribution < 1.29 is 9.59 Å². The van der Waals surface area contributed by atoms with Gasteiger partial charge in [0.05, 0.1) is 23.1 Å². The molecular formula is C25H25N3O2S. The number of benzene rings is 2. The van der Waals surface area contributed by atoms with E-state index in [-0.39, 0.29) is 23.8 Å². The first-order chi connectivity index (χ1) is 15.0. The summed E-state index contributed by atoms with van der Waals surface area (Å²) < 4.78 is 0. The Morgan fingerprint density at radius 2 is 1.87 bits per heavy atom. The van der Waals surface area contributed by atoms with Crippen molar-refractivity contribution in [3.8, 4) is 0 Å². The molecule has 3 heterocycles. The van der Waals surface area contributed by atoms with Crippen molar-refractivity contribution in [3.63, 3.8) is 0 Å². The van der Waals surface area contributed by atoms with Gasteiger partial charge in [-0.15, -0.1) is 11.3 Å². The van der Waals surface area contributed by atoms with E-state index in [4.69, 9.17) is 0 Å². The summed E-state index contributed by atoms with van der Waals surface area (Å²) in [7, 11) is 0. The molecule has 3 unspecified atom stereocenters. The monoisotopic (exact) mass is 431 g/mol. The van der Waals surface area contributed by atoms with Crippen molar-refractivity contribution >= 4 is 28.3 Å². The van der Waals surface area contributed by atoms with Crippen LogP contribution in [0, 0.1) is 5.41 Å². The molecule has 5 nitrogen and oxygen atoms in total. The number of carbonyl (C=O) groups excluding carboxylic acids is 2. The molecule has 1 fully saturated rings. The standard InChI is InChI=1S/C25H25N3O2S/c1-3-28-21-19-12-8-7-11-18(19)20(22(28)29)14-25(21,2)23(30)27-24-26-17(15-31-24)13-16-9-5-4-6-10-16/h4-12,15,20-21H,3,13-14H2,1-2H3,(H,26,27,30). The SMILES string of the molecule is CCN1C(=O)C2CC(C)(C(=O)Nc3nc(Cc4ccccc4)cs3)C1c1ccccc12. The van der Waals surface area contributed by atoms with Gasteiger partial charge in [-0.1, -0.05) is 54.6 Å². The zero-order chi connectivity index (χ0) is 21.6. The van der Waals surface area contributed by atoms with E-state index >= 15 is 0 Å². The maximum Gasteiger partial charge on any atom is 0.234 e. The van der Waals surface area contributed by atoms with Gasteiger partial charge in [0.15, 0.2) is 5.13 Å². The van der Waals surface area contributed by atoms with Crippen LogP contribution in [0.4, 0.5) is 5.13 Å². The molecule has 3 atom stereocenters. The summed E-state index contributed by atoms with van der Waals surface area (Å²) in [6.07, 6.45) is 1.26. The Kier molecular flexibility index (Phi) is 4.89. The fraction of sp³-hybridized carbons (Fsp3) is 0.320. The predicted molar refractivity (Wildman–Crippen MR) is 122 cm³/mol. The number of nitrogens with one attached hydrogen (secondary N) is 1. The highest BCUT2D eigenvalue weighted by Gasteiger charge is 2.58. The molecule has 2 aliphatic heterocycles. The minimum absolute atomic E-state index is 0.0661.